The number of ether oxygens (including phenoxy) is 1. The Hall–Kier alpha value is -4.12. The summed E-state index contributed by atoms with van der Waals surface area (Å²) in [5, 5.41) is 18.8. The van der Waals surface area contributed by atoms with Crippen LogP contribution in [-0.2, 0) is 0 Å². The number of nitrogens with one attached hydrogen (secondary N) is 2. The van der Waals surface area contributed by atoms with Gasteiger partial charge in [0, 0.05) is 23.1 Å². The van der Waals surface area contributed by atoms with Gasteiger partial charge in [0.15, 0.2) is 5.65 Å². The van der Waals surface area contributed by atoms with E-state index in [1.807, 2.05) is 37.3 Å². The van der Waals surface area contributed by atoms with Crippen molar-refractivity contribution in [1.29, 1.82) is 5.26 Å². The SMILES string of the molecule is COc1cc2c(C)cc3n[nH]c(=O)n3c2cc1-c1cccc(C(=O)NCCC#N)c1. The second-order valence-electron chi connectivity index (χ2n) is 6.86. The van der Waals surface area contributed by atoms with Gasteiger partial charge < -0.3 is 10.1 Å². The molecular formula is C22H19N5O3. The van der Waals surface area contributed by atoms with E-state index in [2.05, 4.69) is 15.5 Å². The molecule has 0 saturated carbocycles. The number of H-pyrrole nitrogens is 1. The molecule has 0 spiro atoms. The molecule has 2 aromatic carbocycles. The molecule has 2 heterocycles. The molecule has 0 fully saturated rings. The summed E-state index contributed by atoms with van der Waals surface area (Å²) in [5.74, 6) is 0.375. The maximum absolute atomic E-state index is 12.4. The van der Waals surface area contributed by atoms with Crippen molar-refractivity contribution in [1.82, 2.24) is 19.9 Å². The van der Waals surface area contributed by atoms with Crippen LogP contribution in [0.4, 0.5) is 0 Å². The molecule has 150 valence electrons. The molecule has 0 aliphatic rings. The number of aryl methyl sites for hydroxylation is 1. The predicted octanol–water partition coefficient (Wildman–Crippen LogP) is 2.80. The molecule has 0 saturated heterocycles. The highest BCUT2D eigenvalue weighted by atomic mass is 16.5. The first-order chi connectivity index (χ1) is 14.5. The zero-order chi connectivity index (χ0) is 21.3. The minimum Gasteiger partial charge on any atom is -0.496 e. The fourth-order valence-electron chi connectivity index (χ4n) is 3.54. The van der Waals surface area contributed by atoms with Crippen LogP contribution in [0.1, 0.15) is 22.3 Å². The normalized spacial score (nSPS) is 10.8. The molecule has 0 aliphatic heterocycles. The smallest absolute Gasteiger partial charge is 0.348 e. The average Bonchev–Trinajstić information content (AvgIpc) is 3.13. The number of aromatic nitrogens is 3. The monoisotopic (exact) mass is 401 g/mol. The van der Waals surface area contributed by atoms with Crippen molar-refractivity contribution in [2.75, 3.05) is 13.7 Å². The van der Waals surface area contributed by atoms with Gasteiger partial charge >= 0.3 is 5.69 Å². The lowest BCUT2D eigenvalue weighted by Crippen LogP contribution is -2.24. The number of rotatable bonds is 5. The molecule has 2 aromatic heterocycles. The zero-order valence-corrected chi connectivity index (χ0v) is 16.5. The molecule has 4 rings (SSSR count). The van der Waals surface area contributed by atoms with Crippen LogP contribution in [0.15, 0.2) is 47.3 Å². The van der Waals surface area contributed by atoms with Crippen LogP contribution >= 0.6 is 0 Å². The van der Waals surface area contributed by atoms with Gasteiger partial charge in [-0.15, -0.1) is 0 Å². The van der Waals surface area contributed by atoms with Crippen molar-refractivity contribution in [3.63, 3.8) is 0 Å². The standard InChI is InChI=1S/C22H19N5O3/c1-13-9-20-25-26-22(29)27(20)18-11-17(19(30-2)12-16(13)18)14-5-3-6-15(10-14)21(28)24-8-4-7-23/h3,5-6,9-12H,4,8H2,1-2H3,(H,24,28)(H,26,29). The van der Waals surface area contributed by atoms with Crippen molar-refractivity contribution in [2.45, 2.75) is 13.3 Å². The van der Waals surface area contributed by atoms with Gasteiger partial charge in [0.05, 0.1) is 25.1 Å². The van der Waals surface area contributed by atoms with Crippen molar-refractivity contribution in [3.8, 4) is 22.9 Å². The summed E-state index contributed by atoms with van der Waals surface area (Å²) in [6.45, 7) is 2.24. The molecule has 4 aromatic rings. The number of aromatic amines is 1. The first kappa shape index (κ1) is 19.2. The van der Waals surface area contributed by atoms with Crippen LogP contribution in [0, 0.1) is 18.3 Å². The number of benzene rings is 2. The third-order valence-electron chi connectivity index (χ3n) is 4.99. The molecular weight excluding hydrogens is 382 g/mol. The van der Waals surface area contributed by atoms with Gasteiger partial charge in [-0.25, -0.2) is 14.3 Å². The number of pyridine rings is 1. The molecule has 0 aliphatic carbocycles. The van der Waals surface area contributed by atoms with Crippen LogP contribution in [0.25, 0.3) is 27.7 Å². The van der Waals surface area contributed by atoms with Gasteiger partial charge in [-0.3, -0.25) is 4.79 Å². The highest BCUT2D eigenvalue weighted by Crippen LogP contribution is 2.35. The second-order valence-corrected chi connectivity index (χ2v) is 6.86. The summed E-state index contributed by atoms with van der Waals surface area (Å²) in [4.78, 5) is 24.7. The van der Waals surface area contributed by atoms with Crippen molar-refractivity contribution in [3.05, 3.63) is 64.1 Å². The number of carbonyl (C=O) groups is 1. The summed E-state index contributed by atoms with van der Waals surface area (Å²) < 4.78 is 7.14. The van der Waals surface area contributed by atoms with Crippen molar-refractivity contribution >= 4 is 22.5 Å². The van der Waals surface area contributed by atoms with E-state index in [1.165, 1.54) is 4.40 Å². The average molecular weight is 401 g/mol. The fourth-order valence-corrected chi connectivity index (χ4v) is 3.54. The van der Waals surface area contributed by atoms with E-state index in [9.17, 15) is 9.59 Å². The summed E-state index contributed by atoms with van der Waals surface area (Å²) in [6, 6.07) is 14.7. The number of fused-ring (bicyclic) bond motifs is 3. The largest absolute Gasteiger partial charge is 0.496 e. The highest BCUT2D eigenvalue weighted by molar-refractivity contribution is 5.97. The van der Waals surface area contributed by atoms with Gasteiger partial charge in [0.2, 0.25) is 0 Å². The summed E-state index contributed by atoms with van der Waals surface area (Å²) in [7, 11) is 1.58. The Balaban J connectivity index is 1.88. The number of hydrogen-bond donors (Lipinski definition) is 2. The number of nitriles is 1. The van der Waals surface area contributed by atoms with Crippen LogP contribution in [-0.4, -0.2) is 34.2 Å². The van der Waals surface area contributed by atoms with Gasteiger partial charge in [0.1, 0.15) is 5.75 Å². The summed E-state index contributed by atoms with van der Waals surface area (Å²) in [5.41, 5.74) is 3.87. The topological polar surface area (TPSA) is 112 Å². The van der Waals surface area contributed by atoms with Crippen LogP contribution in [0.3, 0.4) is 0 Å². The molecule has 1 amide bonds. The van der Waals surface area contributed by atoms with E-state index in [0.717, 1.165) is 22.1 Å². The third-order valence-corrected chi connectivity index (χ3v) is 4.99. The fraction of sp³-hybridized carbons (Fsp3) is 0.182. The molecule has 8 nitrogen and oxygen atoms in total. The molecule has 30 heavy (non-hydrogen) atoms. The Morgan fingerprint density at radius 3 is 2.90 bits per heavy atom. The predicted molar refractivity (Wildman–Crippen MR) is 113 cm³/mol. The summed E-state index contributed by atoms with van der Waals surface area (Å²) in [6.07, 6.45) is 0.249. The molecule has 2 N–H and O–H groups in total. The zero-order valence-electron chi connectivity index (χ0n) is 16.5. The highest BCUT2D eigenvalue weighted by Gasteiger charge is 2.15. The van der Waals surface area contributed by atoms with E-state index in [0.29, 0.717) is 29.0 Å². The Labute approximate surface area is 171 Å². The quantitative estimate of drug-likeness (QED) is 0.500. The van der Waals surface area contributed by atoms with Gasteiger partial charge in [-0.2, -0.15) is 10.4 Å². The van der Waals surface area contributed by atoms with Gasteiger partial charge in [-0.05, 0) is 48.4 Å². The van der Waals surface area contributed by atoms with E-state index < -0.39 is 0 Å². The number of amides is 1. The Bertz CT molecular complexity index is 1380. The van der Waals surface area contributed by atoms with Crippen LogP contribution in [0.5, 0.6) is 5.75 Å². The van der Waals surface area contributed by atoms with Gasteiger partial charge in [0.25, 0.3) is 5.91 Å². The molecule has 0 bridgehead atoms. The number of carbonyl (C=O) groups excluding carboxylic acids is 1. The Kier molecular flexibility index (Phi) is 4.94. The number of hydrogen-bond acceptors (Lipinski definition) is 5. The van der Waals surface area contributed by atoms with E-state index in [-0.39, 0.29) is 18.0 Å². The van der Waals surface area contributed by atoms with Crippen LogP contribution in [0.2, 0.25) is 0 Å². The lowest BCUT2D eigenvalue weighted by Gasteiger charge is -2.14. The minimum absolute atomic E-state index is 0.249. The van der Waals surface area contributed by atoms with E-state index in [1.54, 1.807) is 25.3 Å². The first-order valence-corrected chi connectivity index (χ1v) is 9.37. The maximum Gasteiger partial charge on any atom is 0.348 e. The minimum atomic E-state index is -0.322. The second kappa shape index (κ2) is 7.72. The molecule has 0 radical (unpaired) electrons. The first-order valence-electron chi connectivity index (χ1n) is 9.37. The third kappa shape index (κ3) is 3.26. The van der Waals surface area contributed by atoms with Crippen molar-refractivity contribution < 1.29 is 9.53 Å². The lowest BCUT2D eigenvalue weighted by atomic mass is 9.98. The molecule has 0 atom stereocenters. The van der Waals surface area contributed by atoms with Crippen molar-refractivity contribution in [2.24, 2.45) is 0 Å². The van der Waals surface area contributed by atoms with E-state index in [4.69, 9.17) is 10.00 Å². The Morgan fingerprint density at radius 2 is 2.13 bits per heavy atom. The number of nitrogens with zero attached hydrogens (tertiary/aromatic N) is 3. The van der Waals surface area contributed by atoms with E-state index >= 15 is 0 Å². The van der Waals surface area contributed by atoms with Crippen LogP contribution < -0.4 is 15.7 Å². The Morgan fingerprint density at radius 1 is 1.30 bits per heavy atom. The molecule has 8 heteroatoms. The lowest BCUT2D eigenvalue weighted by molar-refractivity contribution is 0.0954. The maximum atomic E-state index is 12.4. The van der Waals surface area contributed by atoms with Gasteiger partial charge in [-0.1, -0.05) is 12.1 Å². The molecule has 0 unspecified atom stereocenters. The number of methoxy groups -OCH3 is 1. The summed E-state index contributed by atoms with van der Waals surface area (Å²) >= 11 is 0.